The average molecular weight is 385 g/mol. The van der Waals surface area contributed by atoms with Crippen LogP contribution >= 0.6 is 11.6 Å². The van der Waals surface area contributed by atoms with Crippen molar-refractivity contribution in [2.75, 3.05) is 13.6 Å². The van der Waals surface area contributed by atoms with Crippen molar-refractivity contribution in [3.05, 3.63) is 70.2 Å². The summed E-state index contributed by atoms with van der Waals surface area (Å²) in [4.78, 5) is 13.9. The van der Waals surface area contributed by atoms with E-state index in [0.717, 1.165) is 17.7 Å². The largest absolute Gasteiger partial charge is 0.416 e. The van der Waals surface area contributed by atoms with Gasteiger partial charge in [-0.25, -0.2) is 0 Å². The SMILES string of the molecule is CC(NC(=O)CN(C)Cc1ccc(C(F)(F)F)cc1)c1cccc(Cl)c1. The highest BCUT2D eigenvalue weighted by Gasteiger charge is 2.29. The molecule has 1 atom stereocenters. The van der Waals surface area contributed by atoms with Gasteiger partial charge in [0, 0.05) is 11.6 Å². The second kappa shape index (κ2) is 8.56. The minimum Gasteiger partial charge on any atom is -0.348 e. The first-order valence-electron chi connectivity index (χ1n) is 8.04. The summed E-state index contributed by atoms with van der Waals surface area (Å²) < 4.78 is 37.7. The van der Waals surface area contributed by atoms with Crippen molar-refractivity contribution < 1.29 is 18.0 Å². The normalized spacial score (nSPS) is 12.9. The zero-order valence-electron chi connectivity index (χ0n) is 14.5. The van der Waals surface area contributed by atoms with Crippen LogP contribution in [0.4, 0.5) is 13.2 Å². The molecule has 0 aliphatic heterocycles. The third-order valence-electron chi connectivity index (χ3n) is 3.87. The lowest BCUT2D eigenvalue weighted by molar-refractivity contribution is -0.137. The Balaban J connectivity index is 1.87. The summed E-state index contributed by atoms with van der Waals surface area (Å²) in [5.41, 5.74) is 0.921. The highest BCUT2D eigenvalue weighted by atomic mass is 35.5. The number of hydrogen-bond donors (Lipinski definition) is 1. The van der Waals surface area contributed by atoms with E-state index in [0.29, 0.717) is 17.1 Å². The fourth-order valence-electron chi connectivity index (χ4n) is 2.56. The van der Waals surface area contributed by atoms with Crippen molar-refractivity contribution in [1.29, 1.82) is 0 Å². The number of hydrogen-bond acceptors (Lipinski definition) is 2. The van der Waals surface area contributed by atoms with Gasteiger partial charge in [0.25, 0.3) is 0 Å². The summed E-state index contributed by atoms with van der Waals surface area (Å²) >= 11 is 5.95. The maximum absolute atomic E-state index is 12.6. The fourth-order valence-corrected chi connectivity index (χ4v) is 2.76. The number of benzene rings is 2. The maximum Gasteiger partial charge on any atom is 0.416 e. The second-order valence-corrected chi connectivity index (χ2v) is 6.65. The molecule has 0 fully saturated rings. The van der Waals surface area contributed by atoms with Gasteiger partial charge in [0.2, 0.25) is 5.91 Å². The molecule has 3 nitrogen and oxygen atoms in total. The molecule has 0 spiro atoms. The van der Waals surface area contributed by atoms with E-state index in [1.165, 1.54) is 12.1 Å². The van der Waals surface area contributed by atoms with E-state index in [2.05, 4.69) is 5.32 Å². The first-order valence-corrected chi connectivity index (χ1v) is 8.42. The van der Waals surface area contributed by atoms with Crippen LogP contribution in [0.15, 0.2) is 48.5 Å². The smallest absolute Gasteiger partial charge is 0.348 e. The van der Waals surface area contributed by atoms with E-state index in [1.54, 1.807) is 24.1 Å². The quantitative estimate of drug-likeness (QED) is 0.785. The Labute approximate surface area is 155 Å². The van der Waals surface area contributed by atoms with Crippen molar-refractivity contribution in [2.45, 2.75) is 25.7 Å². The maximum atomic E-state index is 12.6. The Morgan fingerprint density at radius 2 is 1.85 bits per heavy atom. The highest BCUT2D eigenvalue weighted by Crippen LogP contribution is 2.29. The Hall–Kier alpha value is -2.05. The molecule has 0 aliphatic carbocycles. The average Bonchev–Trinajstić information content (AvgIpc) is 2.54. The van der Waals surface area contributed by atoms with Crippen molar-refractivity contribution in [2.24, 2.45) is 0 Å². The minimum atomic E-state index is -4.35. The van der Waals surface area contributed by atoms with Gasteiger partial charge in [-0.1, -0.05) is 35.9 Å². The number of likely N-dealkylation sites (N-methyl/N-ethyl adjacent to an activating group) is 1. The Morgan fingerprint density at radius 3 is 2.42 bits per heavy atom. The number of carbonyl (C=O) groups excluding carboxylic acids is 1. The molecule has 0 heterocycles. The summed E-state index contributed by atoms with van der Waals surface area (Å²) in [6.45, 7) is 2.36. The van der Waals surface area contributed by atoms with Crippen LogP contribution in [0.5, 0.6) is 0 Å². The van der Waals surface area contributed by atoms with E-state index in [4.69, 9.17) is 11.6 Å². The Bertz CT molecular complexity index is 747. The lowest BCUT2D eigenvalue weighted by Crippen LogP contribution is -2.36. The minimum absolute atomic E-state index is 0.131. The van der Waals surface area contributed by atoms with Crippen LogP contribution in [0.1, 0.15) is 29.7 Å². The molecule has 2 rings (SSSR count). The van der Waals surface area contributed by atoms with E-state index in [9.17, 15) is 18.0 Å². The molecule has 0 aliphatic rings. The predicted molar refractivity (Wildman–Crippen MR) is 95.8 cm³/mol. The van der Waals surface area contributed by atoms with Gasteiger partial charge >= 0.3 is 6.18 Å². The molecular formula is C19H20ClF3N2O. The molecule has 1 amide bonds. The second-order valence-electron chi connectivity index (χ2n) is 6.21. The highest BCUT2D eigenvalue weighted by molar-refractivity contribution is 6.30. The monoisotopic (exact) mass is 384 g/mol. The molecule has 1 unspecified atom stereocenters. The van der Waals surface area contributed by atoms with E-state index < -0.39 is 11.7 Å². The lowest BCUT2D eigenvalue weighted by atomic mass is 10.1. The zero-order valence-corrected chi connectivity index (χ0v) is 15.2. The van der Waals surface area contributed by atoms with Gasteiger partial charge in [-0.2, -0.15) is 13.2 Å². The topological polar surface area (TPSA) is 32.3 Å². The number of nitrogens with zero attached hydrogens (tertiary/aromatic N) is 1. The van der Waals surface area contributed by atoms with Crippen LogP contribution < -0.4 is 5.32 Å². The van der Waals surface area contributed by atoms with E-state index in [-0.39, 0.29) is 18.5 Å². The Kier molecular flexibility index (Phi) is 6.67. The summed E-state index contributed by atoms with van der Waals surface area (Å²) in [6, 6.07) is 12.0. The lowest BCUT2D eigenvalue weighted by Gasteiger charge is -2.19. The molecule has 0 bridgehead atoms. The predicted octanol–water partition coefficient (Wildman–Crippen LogP) is 4.67. The molecule has 1 N–H and O–H groups in total. The van der Waals surface area contributed by atoms with Crippen LogP contribution in [0, 0.1) is 0 Å². The number of amides is 1. The van der Waals surface area contributed by atoms with Crippen LogP contribution in [0.2, 0.25) is 5.02 Å². The molecule has 2 aromatic carbocycles. The van der Waals surface area contributed by atoms with Crippen LogP contribution in [0.3, 0.4) is 0 Å². The van der Waals surface area contributed by atoms with E-state index >= 15 is 0 Å². The summed E-state index contributed by atoms with van der Waals surface area (Å²) in [6.07, 6.45) is -4.35. The number of nitrogens with one attached hydrogen (secondary N) is 1. The molecule has 140 valence electrons. The van der Waals surface area contributed by atoms with Crippen LogP contribution in [-0.4, -0.2) is 24.4 Å². The summed E-state index contributed by atoms with van der Waals surface area (Å²) in [5.74, 6) is -0.174. The van der Waals surface area contributed by atoms with Gasteiger partial charge in [-0.15, -0.1) is 0 Å². The number of carbonyl (C=O) groups is 1. The molecule has 0 saturated carbocycles. The number of rotatable bonds is 6. The third kappa shape index (κ3) is 6.04. The molecular weight excluding hydrogens is 365 g/mol. The number of alkyl halides is 3. The van der Waals surface area contributed by atoms with Crippen molar-refractivity contribution in [3.8, 4) is 0 Å². The molecule has 26 heavy (non-hydrogen) atoms. The van der Waals surface area contributed by atoms with Gasteiger partial charge in [0.1, 0.15) is 0 Å². The van der Waals surface area contributed by atoms with Crippen LogP contribution in [-0.2, 0) is 17.5 Å². The van der Waals surface area contributed by atoms with Crippen molar-refractivity contribution in [1.82, 2.24) is 10.2 Å². The summed E-state index contributed by atoms with van der Waals surface area (Å²) in [7, 11) is 1.74. The van der Waals surface area contributed by atoms with Crippen molar-refractivity contribution >= 4 is 17.5 Å². The summed E-state index contributed by atoms with van der Waals surface area (Å²) in [5, 5.41) is 3.48. The first-order chi connectivity index (χ1) is 12.1. The fraction of sp³-hybridized carbons (Fsp3) is 0.316. The van der Waals surface area contributed by atoms with Crippen LogP contribution in [0.25, 0.3) is 0 Å². The van der Waals surface area contributed by atoms with Gasteiger partial charge in [0.05, 0.1) is 18.2 Å². The van der Waals surface area contributed by atoms with Gasteiger partial charge in [0.15, 0.2) is 0 Å². The number of halogens is 4. The molecule has 2 aromatic rings. The zero-order chi connectivity index (χ0) is 19.3. The van der Waals surface area contributed by atoms with Gasteiger partial charge in [-0.05, 0) is 49.4 Å². The first kappa shape index (κ1) is 20.3. The molecule has 0 saturated heterocycles. The molecule has 0 radical (unpaired) electrons. The standard InChI is InChI=1S/C19H20ClF3N2O/c1-13(15-4-3-5-17(20)10-15)24-18(26)12-25(2)11-14-6-8-16(9-7-14)19(21,22)23/h3-10,13H,11-12H2,1-2H3,(H,24,26). The Morgan fingerprint density at radius 1 is 1.19 bits per heavy atom. The molecule has 0 aromatic heterocycles. The van der Waals surface area contributed by atoms with Gasteiger partial charge in [-0.3, -0.25) is 9.69 Å². The third-order valence-corrected chi connectivity index (χ3v) is 4.11. The van der Waals surface area contributed by atoms with E-state index in [1.807, 2.05) is 19.1 Å². The van der Waals surface area contributed by atoms with Crippen molar-refractivity contribution in [3.63, 3.8) is 0 Å². The molecule has 7 heteroatoms. The van der Waals surface area contributed by atoms with Gasteiger partial charge < -0.3 is 5.32 Å².